The van der Waals surface area contributed by atoms with Gasteiger partial charge in [0.15, 0.2) is 27.9 Å². The van der Waals surface area contributed by atoms with E-state index in [1.807, 2.05) is 50.9 Å². The fourth-order valence-electron chi connectivity index (χ4n) is 4.12. The smallest absolute Gasteiger partial charge is 0.485 e. The lowest BCUT2D eigenvalue weighted by atomic mass is 9.92. The first kappa shape index (κ1) is 27.7. The van der Waals surface area contributed by atoms with Crippen LogP contribution in [0.4, 0.5) is 13.2 Å². The molecule has 1 aromatic rings. The molecule has 10 nitrogen and oxygen atoms in total. The van der Waals surface area contributed by atoms with Crippen LogP contribution in [0, 0.1) is 0 Å². The highest BCUT2D eigenvalue weighted by atomic mass is 32.2. The van der Waals surface area contributed by atoms with Crippen molar-refractivity contribution in [3.63, 3.8) is 0 Å². The fourth-order valence-corrected chi connectivity index (χ4v) is 5.11. The van der Waals surface area contributed by atoms with Gasteiger partial charge in [0.2, 0.25) is 0 Å². The molecule has 34 heavy (non-hydrogen) atoms. The summed E-state index contributed by atoms with van der Waals surface area (Å²) in [6, 6.07) is 0. The lowest BCUT2D eigenvalue weighted by molar-refractivity contribution is -0.687. The van der Waals surface area contributed by atoms with Crippen LogP contribution >= 0.6 is 11.3 Å². The van der Waals surface area contributed by atoms with E-state index < -0.39 is 33.0 Å². The number of fused-ring (bicyclic) bond motifs is 1. The average Bonchev–Trinajstić information content (AvgIpc) is 3.35. The molecule has 3 aliphatic rings. The van der Waals surface area contributed by atoms with Crippen LogP contribution in [-0.4, -0.2) is 68.2 Å². The van der Waals surface area contributed by atoms with E-state index >= 15 is 0 Å². The lowest BCUT2D eigenvalue weighted by Gasteiger charge is -2.43. The summed E-state index contributed by atoms with van der Waals surface area (Å²) in [6.07, 6.45) is 1.55. The second-order valence-corrected chi connectivity index (χ2v) is 11.2. The zero-order valence-electron chi connectivity index (χ0n) is 19.5. The van der Waals surface area contributed by atoms with E-state index in [0.717, 1.165) is 5.01 Å². The van der Waals surface area contributed by atoms with Gasteiger partial charge in [0.1, 0.15) is 25.4 Å². The molecule has 1 aromatic heterocycles. The van der Waals surface area contributed by atoms with Gasteiger partial charge < -0.3 is 33.0 Å². The molecule has 4 rings (SSSR count). The first-order valence-electron chi connectivity index (χ1n) is 10.3. The number of aromatic nitrogens is 1. The van der Waals surface area contributed by atoms with Crippen molar-refractivity contribution < 1.29 is 59.1 Å². The van der Waals surface area contributed by atoms with E-state index in [2.05, 4.69) is 0 Å². The third-order valence-electron chi connectivity index (χ3n) is 5.46. The van der Waals surface area contributed by atoms with Gasteiger partial charge in [-0.05, 0) is 27.7 Å². The van der Waals surface area contributed by atoms with Crippen LogP contribution in [0.5, 0.6) is 0 Å². The molecule has 0 spiro atoms. The first-order valence-corrected chi connectivity index (χ1v) is 12.5. The molecule has 0 bridgehead atoms. The average molecular weight is 536 g/mol. The Kier molecular flexibility index (Phi) is 7.48. The topological polar surface area (TPSA) is 116 Å². The summed E-state index contributed by atoms with van der Waals surface area (Å²) in [5.41, 5.74) is -5.65. The van der Waals surface area contributed by atoms with E-state index in [9.17, 15) is 13.2 Å². The summed E-state index contributed by atoms with van der Waals surface area (Å²) in [5, 5.41) is 3.00. The van der Waals surface area contributed by atoms with Crippen LogP contribution in [-0.2, 0) is 51.4 Å². The highest BCUT2D eigenvalue weighted by Gasteiger charge is 2.61. The number of nitrogens with zero attached hydrogens (tertiary/aromatic N) is 1. The minimum absolute atomic E-state index is 0.155. The Balaban J connectivity index is 0.000000350. The number of ether oxygens (including phenoxy) is 6. The minimum Gasteiger partial charge on any atom is -0.741 e. The molecule has 4 heterocycles. The number of alkyl halides is 3. The molecule has 3 fully saturated rings. The van der Waals surface area contributed by atoms with Crippen LogP contribution in [0.2, 0.25) is 0 Å². The van der Waals surface area contributed by atoms with Gasteiger partial charge in [-0.1, -0.05) is 11.3 Å². The maximum Gasteiger partial charge on any atom is 0.485 e. The minimum atomic E-state index is -6.09. The normalized spacial score (nSPS) is 34.9. The molecule has 0 aliphatic carbocycles. The number of methoxy groups -OCH3 is 1. The van der Waals surface area contributed by atoms with Crippen LogP contribution in [0.1, 0.15) is 39.1 Å². The van der Waals surface area contributed by atoms with Gasteiger partial charge in [-0.2, -0.15) is 17.7 Å². The monoisotopic (exact) mass is 535 g/mol. The van der Waals surface area contributed by atoms with Crippen molar-refractivity contribution in [1.82, 2.24) is 0 Å². The number of hydrogen-bond donors (Lipinski definition) is 0. The standard InChI is InChI=1S/C18H28NO6S.CHF3O3S/c1-16(2)21-10-12(23-16)14-13-11(22-17(3,4)24-13)9-18(20-6,25-14)15-19(5)7-8-26-15;2-1(3,4)8(5,6)7/h7-8,11-14H,9-10H2,1-6H3;(H,5,6,7)/q+1;/p-1/t11-,12-,13-,14-,18-;/m1./s1. The molecule has 196 valence electrons. The summed E-state index contributed by atoms with van der Waals surface area (Å²) >= 11 is 1.60. The Morgan fingerprint density at radius 3 is 2.09 bits per heavy atom. The Labute approximate surface area is 199 Å². The highest BCUT2D eigenvalue weighted by molar-refractivity contribution is 7.86. The summed E-state index contributed by atoms with van der Waals surface area (Å²) in [4.78, 5) is 0. The summed E-state index contributed by atoms with van der Waals surface area (Å²) in [6.45, 7) is 8.12. The second-order valence-electron chi connectivity index (χ2n) is 8.97. The molecule has 15 heteroatoms. The molecule has 0 N–H and O–H groups in total. The second kappa shape index (κ2) is 9.19. The molecule has 0 unspecified atom stereocenters. The molecule has 0 radical (unpaired) electrons. The summed E-state index contributed by atoms with van der Waals surface area (Å²) in [7, 11) is -2.42. The number of aryl methyl sites for hydroxylation is 1. The molecule has 5 atom stereocenters. The lowest BCUT2D eigenvalue weighted by Crippen LogP contribution is -2.59. The van der Waals surface area contributed by atoms with Gasteiger partial charge in [0, 0.05) is 13.5 Å². The number of rotatable bonds is 3. The molecular formula is C19H28F3NO9S2. The zero-order chi connectivity index (χ0) is 25.7. The summed E-state index contributed by atoms with van der Waals surface area (Å²) in [5.74, 6) is -2.22. The van der Waals surface area contributed by atoms with E-state index in [1.165, 1.54) is 0 Å². The van der Waals surface area contributed by atoms with Gasteiger partial charge in [0.25, 0.3) is 10.8 Å². The van der Waals surface area contributed by atoms with Crippen LogP contribution in [0.3, 0.4) is 0 Å². The first-order chi connectivity index (χ1) is 15.4. The van der Waals surface area contributed by atoms with E-state index in [1.54, 1.807) is 18.4 Å². The molecular weight excluding hydrogens is 507 g/mol. The molecule has 3 saturated heterocycles. The van der Waals surface area contributed by atoms with Crippen LogP contribution in [0.15, 0.2) is 11.6 Å². The third-order valence-corrected chi connectivity index (χ3v) is 7.11. The maximum absolute atomic E-state index is 10.7. The predicted octanol–water partition coefficient (Wildman–Crippen LogP) is 1.88. The van der Waals surface area contributed by atoms with Crippen LogP contribution in [0.25, 0.3) is 0 Å². The molecule has 0 amide bonds. The summed E-state index contributed by atoms with van der Waals surface area (Å²) < 4.78 is 97.8. The maximum atomic E-state index is 10.7. The van der Waals surface area contributed by atoms with E-state index in [-0.39, 0.29) is 24.4 Å². The van der Waals surface area contributed by atoms with Gasteiger partial charge in [-0.15, -0.1) is 0 Å². The SMILES string of the molecule is CO[C@]1(c2scc[n+]2C)C[C@H]2OC(C)(C)O[C@H]2[C@@H]([C@H]2COC(C)(C)O2)O1.O=S(=O)([O-])C(F)(F)F. The predicted molar refractivity (Wildman–Crippen MR) is 108 cm³/mol. The number of halogens is 3. The van der Waals surface area contributed by atoms with Crippen molar-refractivity contribution in [3.05, 3.63) is 16.6 Å². The van der Waals surface area contributed by atoms with Crippen molar-refractivity contribution >= 4 is 21.5 Å². The molecule has 0 aromatic carbocycles. The van der Waals surface area contributed by atoms with Gasteiger partial charge >= 0.3 is 5.51 Å². The Hall–Kier alpha value is -0.910. The number of thiazole rings is 1. The van der Waals surface area contributed by atoms with Crippen molar-refractivity contribution in [2.24, 2.45) is 7.05 Å². The highest BCUT2D eigenvalue weighted by Crippen LogP contribution is 2.47. The van der Waals surface area contributed by atoms with Gasteiger partial charge in [0.05, 0.1) is 18.1 Å². The Morgan fingerprint density at radius 1 is 1.09 bits per heavy atom. The van der Waals surface area contributed by atoms with E-state index in [0.29, 0.717) is 13.0 Å². The van der Waals surface area contributed by atoms with Crippen molar-refractivity contribution in [3.8, 4) is 0 Å². The van der Waals surface area contributed by atoms with Crippen LogP contribution < -0.4 is 4.57 Å². The Bertz CT molecular complexity index is 982. The molecule has 0 saturated carbocycles. The zero-order valence-corrected chi connectivity index (χ0v) is 21.1. The number of hydrogen-bond acceptors (Lipinski definition) is 10. The van der Waals surface area contributed by atoms with Crippen molar-refractivity contribution in [2.45, 2.75) is 81.4 Å². The van der Waals surface area contributed by atoms with E-state index in [4.69, 9.17) is 41.4 Å². The van der Waals surface area contributed by atoms with Gasteiger partial charge in [-0.25, -0.2) is 8.42 Å². The quantitative estimate of drug-likeness (QED) is 0.325. The Morgan fingerprint density at radius 2 is 1.65 bits per heavy atom. The van der Waals surface area contributed by atoms with Gasteiger partial charge in [-0.3, -0.25) is 0 Å². The molecule has 3 aliphatic heterocycles. The fraction of sp³-hybridized carbons (Fsp3) is 0.842. The van der Waals surface area contributed by atoms with Crippen molar-refractivity contribution in [1.29, 1.82) is 0 Å². The van der Waals surface area contributed by atoms with Crippen molar-refractivity contribution in [2.75, 3.05) is 13.7 Å². The largest absolute Gasteiger partial charge is 0.741 e. The third kappa shape index (κ3) is 5.73.